The topological polar surface area (TPSA) is 21.3 Å². The molecular formula is C11H21NO. The molecule has 0 aromatic heterocycles. The van der Waals surface area contributed by atoms with E-state index in [2.05, 4.69) is 11.9 Å². The predicted molar refractivity (Wildman–Crippen MR) is 55.9 cm³/mol. The van der Waals surface area contributed by atoms with E-state index in [1.807, 2.05) is 13.2 Å². The van der Waals surface area contributed by atoms with E-state index in [1.54, 1.807) is 0 Å². The van der Waals surface area contributed by atoms with Crippen molar-refractivity contribution in [3.8, 4) is 0 Å². The fourth-order valence-electron chi connectivity index (χ4n) is 1.89. The second-order valence-corrected chi connectivity index (χ2v) is 3.74. The molecule has 0 aromatic carbocycles. The van der Waals surface area contributed by atoms with E-state index in [4.69, 9.17) is 4.74 Å². The monoisotopic (exact) mass is 183 g/mol. The molecule has 1 fully saturated rings. The highest BCUT2D eigenvalue weighted by Gasteiger charge is 2.19. The van der Waals surface area contributed by atoms with Gasteiger partial charge in [-0.25, -0.2) is 0 Å². The number of ether oxygens (including phenoxy) is 1. The van der Waals surface area contributed by atoms with E-state index in [0.29, 0.717) is 12.1 Å². The van der Waals surface area contributed by atoms with Crippen molar-refractivity contribution in [2.75, 3.05) is 13.7 Å². The third kappa shape index (κ3) is 3.92. The van der Waals surface area contributed by atoms with E-state index in [-0.39, 0.29) is 0 Å². The maximum atomic E-state index is 5.32. The van der Waals surface area contributed by atoms with Crippen LogP contribution in [0.2, 0.25) is 0 Å². The predicted octanol–water partition coefficient (Wildman–Crippen LogP) is 2.11. The number of hydrogen-bond acceptors (Lipinski definition) is 2. The van der Waals surface area contributed by atoms with Gasteiger partial charge < -0.3 is 10.1 Å². The van der Waals surface area contributed by atoms with Crippen LogP contribution in [0, 0.1) is 0 Å². The molecule has 0 saturated heterocycles. The van der Waals surface area contributed by atoms with Crippen molar-refractivity contribution in [3.05, 3.63) is 12.7 Å². The van der Waals surface area contributed by atoms with Gasteiger partial charge in [0.05, 0.1) is 6.10 Å². The highest BCUT2D eigenvalue weighted by atomic mass is 16.5. The molecule has 1 aliphatic carbocycles. The van der Waals surface area contributed by atoms with Crippen LogP contribution in [-0.4, -0.2) is 25.8 Å². The SMILES string of the molecule is C=CCCNC1CCC(OC)CC1. The molecule has 1 rings (SSSR count). The van der Waals surface area contributed by atoms with Crippen LogP contribution in [0.15, 0.2) is 12.7 Å². The standard InChI is InChI=1S/C11H21NO/c1-3-4-9-12-10-5-7-11(13-2)8-6-10/h3,10-12H,1,4-9H2,2H3. The Labute approximate surface area is 81.4 Å². The molecule has 0 amide bonds. The van der Waals surface area contributed by atoms with Gasteiger partial charge in [-0.15, -0.1) is 6.58 Å². The first-order valence-corrected chi connectivity index (χ1v) is 5.24. The summed E-state index contributed by atoms with van der Waals surface area (Å²) in [5.41, 5.74) is 0. The van der Waals surface area contributed by atoms with E-state index < -0.39 is 0 Å². The first-order chi connectivity index (χ1) is 6.36. The zero-order chi connectivity index (χ0) is 9.52. The van der Waals surface area contributed by atoms with Crippen LogP contribution in [0.4, 0.5) is 0 Å². The smallest absolute Gasteiger partial charge is 0.0572 e. The first kappa shape index (κ1) is 10.7. The molecule has 1 N–H and O–H groups in total. The minimum atomic E-state index is 0.512. The molecule has 2 heteroatoms. The summed E-state index contributed by atoms with van der Waals surface area (Å²) in [7, 11) is 1.82. The van der Waals surface area contributed by atoms with Gasteiger partial charge in [-0.1, -0.05) is 6.08 Å². The number of nitrogens with one attached hydrogen (secondary N) is 1. The van der Waals surface area contributed by atoms with Crippen LogP contribution in [-0.2, 0) is 4.74 Å². The molecule has 0 heterocycles. The van der Waals surface area contributed by atoms with Gasteiger partial charge >= 0.3 is 0 Å². The summed E-state index contributed by atoms with van der Waals surface area (Å²) in [4.78, 5) is 0. The molecule has 0 aromatic rings. The maximum absolute atomic E-state index is 5.32. The number of rotatable bonds is 5. The van der Waals surface area contributed by atoms with E-state index >= 15 is 0 Å². The Hall–Kier alpha value is -0.340. The highest BCUT2D eigenvalue weighted by Crippen LogP contribution is 2.20. The van der Waals surface area contributed by atoms with Gasteiger partial charge in [0.15, 0.2) is 0 Å². The molecule has 2 nitrogen and oxygen atoms in total. The van der Waals surface area contributed by atoms with Crippen molar-refractivity contribution in [2.24, 2.45) is 0 Å². The molecular weight excluding hydrogens is 162 g/mol. The molecule has 0 bridgehead atoms. The lowest BCUT2D eigenvalue weighted by Crippen LogP contribution is -2.35. The first-order valence-electron chi connectivity index (χ1n) is 5.24. The van der Waals surface area contributed by atoms with E-state index in [9.17, 15) is 0 Å². The average molecular weight is 183 g/mol. The van der Waals surface area contributed by atoms with Crippen molar-refractivity contribution in [2.45, 2.75) is 44.2 Å². The summed E-state index contributed by atoms with van der Waals surface area (Å²) < 4.78 is 5.32. The van der Waals surface area contributed by atoms with Crippen LogP contribution in [0.1, 0.15) is 32.1 Å². The Balaban J connectivity index is 2.06. The van der Waals surface area contributed by atoms with Gasteiger partial charge in [0.25, 0.3) is 0 Å². The van der Waals surface area contributed by atoms with E-state index in [0.717, 1.165) is 13.0 Å². The van der Waals surface area contributed by atoms with Crippen molar-refractivity contribution < 1.29 is 4.74 Å². The molecule has 0 spiro atoms. The van der Waals surface area contributed by atoms with Crippen LogP contribution in [0.25, 0.3) is 0 Å². The molecule has 13 heavy (non-hydrogen) atoms. The molecule has 0 radical (unpaired) electrons. The third-order valence-corrected chi connectivity index (χ3v) is 2.79. The summed E-state index contributed by atoms with van der Waals surface area (Å²) in [6, 6.07) is 0.714. The van der Waals surface area contributed by atoms with Crippen molar-refractivity contribution in [3.63, 3.8) is 0 Å². The second kappa shape index (κ2) is 6.17. The summed E-state index contributed by atoms with van der Waals surface area (Å²) in [6.45, 7) is 4.78. The quantitative estimate of drug-likeness (QED) is 0.520. The zero-order valence-corrected chi connectivity index (χ0v) is 8.59. The second-order valence-electron chi connectivity index (χ2n) is 3.74. The van der Waals surface area contributed by atoms with Crippen LogP contribution in [0.3, 0.4) is 0 Å². The maximum Gasteiger partial charge on any atom is 0.0572 e. The van der Waals surface area contributed by atoms with Crippen molar-refractivity contribution in [1.29, 1.82) is 0 Å². The largest absolute Gasteiger partial charge is 0.381 e. The summed E-state index contributed by atoms with van der Waals surface area (Å²) >= 11 is 0. The summed E-state index contributed by atoms with van der Waals surface area (Å²) in [5, 5.41) is 3.54. The lowest BCUT2D eigenvalue weighted by Gasteiger charge is -2.28. The number of hydrogen-bond donors (Lipinski definition) is 1. The molecule has 1 aliphatic rings. The van der Waals surface area contributed by atoms with Gasteiger partial charge in [-0.3, -0.25) is 0 Å². The molecule has 0 aliphatic heterocycles. The van der Waals surface area contributed by atoms with Crippen LogP contribution < -0.4 is 5.32 Å². The van der Waals surface area contributed by atoms with Crippen LogP contribution in [0.5, 0.6) is 0 Å². The lowest BCUT2D eigenvalue weighted by molar-refractivity contribution is 0.0627. The molecule has 76 valence electrons. The average Bonchev–Trinajstić information content (AvgIpc) is 2.19. The highest BCUT2D eigenvalue weighted by molar-refractivity contribution is 4.78. The Bertz CT molecular complexity index is 139. The molecule has 1 saturated carbocycles. The zero-order valence-electron chi connectivity index (χ0n) is 8.59. The Kier molecular flexibility index (Phi) is 5.09. The molecule has 0 atom stereocenters. The Morgan fingerprint density at radius 1 is 1.38 bits per heavy atom. The Morgan fingerprint density at radius 3 is 2.62 bits per heavy atom. The van der Waals surface area contributed by atoms with Gasteiger partial charge in [-0.05, 0) is 38.6 Å². The Morgan fingerprint density at radius 2 is 2.08 bits per heavy atom. The fourth-order valence-corrected chi connectivity index (χ4v) is 1.89. The minimum Gasteiger partial charge on any atom is -0.381 e. The lowest BCUT2D eigenvalue weighted by atomic mass is 9.93. The fraction of sp³-hybridized carbons (Fsp3) is 0.818. The van der Waals surface area contributed by atoms with Gasteiger partial charge in [0.1, 0.15) is 0 Å². The number of methoxy groups -OCH3 is 1. The van der Waals surface area contributed by atoms with Gasteiger partial charge in [-0.2, -0.15) is 0 Å². The van der Waals surface area contributed by atoms with Gasteiger partial charge in [0.2, 0.25) is 0 Å². The minimum absolute atomic E-state index is 0.512. The van der Waals surface area contributed by atoms with Crippen molar-refractivity contribution in [1.82, 2.24) is 5.32 Å². The summed E-state index contributed by atoms with van der Waals surface area (Å²) in [6.07, 6.45) is 8.49. The van der Waals surface area contributed by atoms with Crippen LogP contribution >= 0.6 is 0 Å². The third-order valence-electron chi connectivity index (χ3n) is 2.79. The molecule has 0 unspecified atom stereocenters. The van der Waals surface area contributed by atoms with E-state index in [1.165, 1.54) is 25.7 Å². The normalized spacial score (nSPS) is 28.7. The van der Waals surface area contributed by atoms with Gasteiger partial charge in [0, 0.05) is 13.2 Å². The van der Waals surface area contributed by atoms with Crippen molar-refractivity contribution >= 4 is 0 Å². The summed E-state index contributed by atoms with van der Waals surface area (Å²) in [5.74, 6) is 0.